The molecule has 0 N–H and O–H groups in total. The highest BCUT2D eigenvalue weighted by atomic mass is 35.5. The summed E-state index contributed by atoms with van der Waals surface area (Å²) >= 11 is 6.56. The predicted octanol–water partition coefficient (Wildman–Crippen LogP) is 4.25. The van der Waals surface area contributed by atoms with Crippen LogP contribution in [0.15, 0.2) is 83.1 Å². The van der Waals surface area contributed by atoms with Gasteiger partial charge in [-0.15, -0.1) is 15.0 Å². The highest BCUT2D eigenvalue weighted by molar-refractivity contribution is 8.10. The van der Waals surface area contributed by atoms with Crippen molar-refractivity contribution < 1.29 is 35.4 Å². The van der Waals surface area contributed by atoms with Crippen molar-refractivity contribution in [1.82, 2.24) is 30.2 Å². The zero-order valence-corrected chi connectivity index (χ0v) is 27.8. The Morgan fingerprint density at radius 3 is 2.19 bits per heavy atom. The number of sulfonamides is 2. The molecule has 18 heteroatoms. The van der Waals surface area contributed by atoms with Gasteiger partial charge in [0, 0.05) is 30.4 Å². The van der Waals surface area contributed by atoms with E-state index >= 15 is 4.39 Å². The summed E-state index contributed by atoms with van der Waals surface area (Å²) < 4.78 is 91.5. The quantitative estimate of drug-likeness (QED) is 0.202. The van der Waals surface area contributed by atoms with E-state index in [9.17, 15) is 16.8 Å². The largest absolute Gasteiger partial charge is 0.481 e. The van der Waals surface area contributed by atoms with E-state index in [4.69, 9.17) is 25.8 Å². The molecule has 14 nitrogen and oxygen atoms in total. The molecule has 1 atom stereocenters. The van der Waals surface area contributed by atoms with E-state index in [-0.39, 0.29) is 32.3 Å². The zero-order valence-electron chi connectivity index (χ0n) is 25.4. The molecule has 1 unspecified atom stereocenters. The lowest BCUT2D eigenvalue weighted by Gasteiger charge is -2.27. The molecule has 1 aliphatic rings. The summed E-state index contributed by atoms with van der Waals surface area (Å²) in [6.07, 6.45) is 4.10. The Morgan fingerprint density at radius 1 is 0.958 bits per heavy atom. The van der Waals surface area contributed by atoms with Crippen LogP contribution in [0.4, 0.5) is 10.1 Å². The minimum absolute atomic E-state index is 0.00194. The number of benzene rings is 2. The van der Waals surface area contributed by atoms with Crippen molar-refractivity contribution in [1.29, 1.82) is 0 Å². The fourth-order valence-corrected chi connectivity index (χ4v) is 8.89. The fourth-order valence-electron chi connectivity index (χ4n) is 4.82. The van der Waals surface area contributed by atoms with Gasteiger partial charge in [0.05, 0.1) is 24.8 Å². The SMILES string of the molecule is Cc1cncc(S(=O)(=O)N(c2c(-c3ccccc3)cc(Cl)c(OCc3nnn(C4COCCO4)n3)c2F)S(=O)(=O)c2cncc(C)c2)c1. The van der Waals surface area contributed by atoms with Gasteiger partial charge in [-0.25, -0.2) is 4.39 Å². The molecule has 1 fully saturated rings. The van der Waals surface area contributed by atoms with E-state index in [2.05, 4.69) is 25.4 Å². The lowest BCUT2D eigenvalue weighted by Crippen LogP contribution is -2.38. The molecular weight excluding hydrogens is 689 g/mol. The van der Waals surface area contributed by atoms with Gasteiger partial charge in [-0.2, -0.15) is 20.5 Å². The van der Waals surface area contributed by atoms with E-state index in [0.29, 0.717) is 24.3 Å². The summed E-state index contributed by atoms with van der Waals surface area (Å²) in [4.78, 5) is 8.04. The van der Waals surface area contributed by atoms with Gasteiger partial charge in [0.15, 0.2) is 24.4 Å². The van der Waals surface area contributed by atoms with E-state index < -0.39 is 59.9 Å². The van der Waals surface area contributed by atoms with E-state index in [1.165, 1.54) is 35.4 Å². The summed E-state index contributed by atoms with van der Waals surface area (Å²) in [6, 6.07) is 11.7. The van der Waals surface area contributed by atoms with E-state index in [0.717, 1.165) is 12.4 Å². The summed E-state index contributed by atoms with van der Waals surface area (Å²) in [5, 5.41) is 11.7. The molecule has 4 heterocycles. The van der Waals surface area contributed by atoms with Crippen LogP contribution in [0.2, 0.25) is 5.02 Å². The van der Waals surface area contributed by atoms with Crippen molar-refractivity contribution in [3.63, 3.8) is 0 Å². The summed E-state index contributed by atoms with van der Waals surface area (Å²) in [5.41, 5.74) is 0.0742. The van der Waals surface area contributed by atoms with Crippen molar-refractivity contribution in [2.75, 3.05) is 23.5 Å². The Kier molecular flexibility index (Phi) is 9.39. The second-order valence-corrected chi connectivity index (χ2v) is 14.8. The highest BCUT2D eigenvalue weighted by Gasteiger charge is 2.42. The first-order valence-corrected chi connectivity index (χ1v) is 17.5. The maximum atomic E-state index is 17.1. The first kappa shape index (κ1) is 33.4. The average molecular weight is 716 g/mol. The molecule has 0 saturated carbocycles. The van der Waals surface area contributed by atoms with Crippen molar-refractivity contribution in [2.45, 2.75) is 36.5 Å². The zero-order chi connectivity index (χ0) is 34.1. The Hall–Kier alpha value is -4.55. The van der Waals surface area contributed by atoms with Gasteiger partial charge in [0.2, 0.25) is 5.82 Å². The van der Waals surface area contributed by atoms with Crippen LogP contribution in [0, 0.1) is 19.7 Å². The Morgan fingerprint density at radius 2 is 1.60 bits per heavy atom. The minimum atomic E-state index is -5.10. The number of pyridine rings is 2. The summed E-state index contributed by atoms with van der Waals surface area (Å²) in [5.74, 6) is -2.03. The molecule has 1 aliphatic heterocycles. The fraction of sp³-hybridized carbons (Fsp3) is 0.233. The number of hydrogen-bond donors (Lipinski definition) is 0. The van der Waals surface area contributed by atoms with Gasteiger partial charge in [0.1, 0.15) is 15.5 Å². The summed E-state index contributed by atoms with van der Waals surface area (Å²) in [7, 11) is -10.2. The molecule has 2 aromatic carbocycles. The molecule has 0 spiro atoms. The maximum Gasteiger partial charge on any atom is 0.279 e. The summed E-state index contributed by atoms with van der Waals surface area (Å²) in [6.45, 7) is 3.62. The van der Waals surface area contributed by atoms with Gasteiger partial charge in [-0.05, 0) is 54.0 Å². The smallest absolute Gasteiger partial charge is 0.279 e. The highest BCUT2D eigenvalue weighted by Crippen LogP contribution is 2.46. The lowest BCUT2D eigenvalue weighted by atomic mass is 10.0. The van der Waals surface area contributed by atoms with Gasteiger partial charge in [-0.3, -0.25) is 9.97 Å². The number of aromatic nitrogens is 6. The molecule has 0 amide bonds. The normalized spacial score (nSPS) is 15.3. The molecule has 6 rings (SSSR count). The van der Waals surface area contributed by atoms with Gasteiger partial charge in [-0.1, -0.05) is 41.9 Å². The number of nitrogens with zero attached hydrogens (tertiary/aromatic N) is 7. The number of halogens is 2. The standard InChI is InChI=1S/C30H27ClFN7O7S2/c1-19-10-22(15-33-13-19)47(40,41)39(48(42,43)23-11-20(2)14-34-16-23)29-24(21-6-4-3-5-7-21)12-25(31)30(28(29)32)46-17-26-35-37-38(36-26)27-18-44-8-9-45-27/h3-7,10-16,27H,8-9,17-18H2,1-2H3. The predicted molar refractivity (Wildman–Crippen MR) is 170 cm³/mol. The number of tetrazole rings is 1. The maximum absolute atomic E-state index is 17.1. The topological polar surface area (TPSA) is 169 Å². The molecule has 250 valence electrons. The monoisotopic (exact) mass is 715 g/mol. The van der Waals surface area contributed by atoms with Crippen LogP contribution in [0.5, 0.6) is 5.75 Å². The van der Waals surface area contributed by atoms with Gasteiger partial charge >= 0.3 is 0 Å². The number of hydrogen-bond acceptors (Lipinski definition) is 12. The molecule has 48 heavy (non-hydrogen) atoms. The number of anilines is 1. The van der Waals surface area contributed by atoms with Gasteiger partial charge < -0.3 is 14.2 Å². The van der Waals surface area contributed by atoms with Crippen LogP contribution in [0.25, 0.3) is 11.1 Å². The Labute approximate surface area is 280 Å². The molecule has 3 aromatic heterocycles. The second kappa shape index (κ2) is 13.5. The van der Waals surface area contributed by atoms with Crippen LogP contribution in [0.1, 0.15) is 23.2 Å². The average Bonchev–Trinajstić information content (AvgIpc) is 3.55. The third kappa shape index (κ3) is 6.59. The number of rotatable bonds is 10. The van der Waals surface area contributed by atoms with Crippen molar-refractivity contribution in [3.05, 3.63) is 101 Å². The van der Waals surface area contributed by atoms with Gasteiger partial charge in [0.25, 0.3) is 20.0 Å². The van der Waals surface area contributed by atoms with Crippen LogP contribution in [-0.2, 0) is 36.1 Å². The van der Waals surface area contributed by atoms with Crippen molar-refractivity contribution in [3.8, 4) is 16.9 Å². The lowest BCUT2D eigenvalue weighted by molar-refractivity contribution is -0.133. The van der Waals surface area contributed by atoms with Crippen molar-refractivity contribution >= 4 is 37.3 Å². The molecule has 0 aliphatic carbocycles. The molecular formula is C30H27ClFN7O7S2. The van der Waals surface area contributed by atoms with Crippen molar-refractivity contribution in [2.24, 2.45) is 0 Å². The minimum Gasteiger partial charge on any atom is -0.481 e. The Balaban J connectivity index is 1.54. The number of ether oxygens (including phenoxy) is 3. The number of aryl methyl sites for hydroxylation is 2. The van der Waals surface area contributed by atoms with Crippen LogP contribution in [-0.4, -0.2) is 66.8 Å². The molecule has 1 saturated heterocycles. The third-order valence-electron chi connectivity index (χ3n) is 7.02. The second-order valence-electron chi connectivity index (χ2n) is 10.6. The molecule has 0 radical (unpaired) electrons. The Bertz CT molecular complexity index is 2110. The van der Waals surface area contributed by atoms with E-state index in [1.54, 1.807) is 44.2 Å². The first-order valence-electron chi connectivity index (χ1n) is 14.3. The van der Waals surface area contributed by atoms with E-state index in [1.807, 2.05) is 0 Å². The van der Waals surface area contributed by atoms with Crippen LogP contribution < -0.4 is 8.45 Å². The first-order chi connectivity index (χ1) is 23.0. The molecule has 5 aromatic rings. The van der Waals surface area contributed by atoms with Crippen LogP contribution in [0.3, 0.4) is 0 Å². The molecule has 0 bridgehead atoms. The third-order valence-corrected chi connectivity index (χ3v) is 11.4. The van der Waals surface area contributed by atoms with Crippen LogP contribution >= 0.6 is 11.6 Å².